The van der Waals surface area contributed by atoms with Gasteiger partial charge in [-0.3, -0.25) is 14.9 Å². The van der Waals surface area contributed by atoms with Gasteiger partial charge in [0.25, 0.3) is 0 Å². The summed E-state index contributed by atoms with van der Waals surface area (Å²) in [6, 6.07) is 5.59. The minimum atomic E-state index is -0.306. The molecule has 1 heterocycles. The van der Waals surface area contributed by atoms with E-state index in [2.05, 4.69) is 27.9 Å². The lowest BCUT2D eigenvalue weighted by atomic mass is 9.90. The molecule has 1 unspecified atom stereocenters. The van der Waals surface area contributed by atoms with Crippen molar-refractivity contribution in [2.24, 2.45) is 0 Å². The molecule has 1 aromatic rings. The number of imide groups is 1. The van der Waals surface area contributed by atoms with E-state index in [-0.39, 0.29) is 17.7 Å². The van der Waals surface area contributed by atoms with Gasteiger partial charge in [0.1, 0.15) is 0 Å². The molecule has 0 aliphatic carbocycles. The molecular formula is C11H9ClINO2. The van der Waals surface area contributed by atoms with Crippen LogP contribution in [-0.2, 0) is 9.59 Å². The number of benzene rings is 1. The maximum Gasteiger partial charge on any atom is 0.234 e. The molecule has 16 heavy (non-hydrogen) atoms. The van der Waals surface area contributed by atoms with Gasteiger partial charge < -0.3 is 0 Å². The highest BCUT2D eigenvalue weighted by atomic mass is 127. The van der Waals surface area contributed by atoms with Gasteiger partial charge in [0.2, 0.25) is 11.8 Å². The molecule has 1 fully saturated rings. The van der Waals surface area contributed by atoms with Crippen LogP contribution in [0.4, 0.5) is 0 Å². The van der Waals surface area contributed by atoms with Crippen LogP contribution in [0.1, 0.15) is 24.3 Å². The lowest BCUT2D eigenvalue weighted by Crippen LogP contribution is -2.39. The molecule has 2 amide bonds. The number of rotatable bonds is 1. The third-order valence-electron chi connectivity index (χ3n) is 2.60. The highest BCUT2D eigenvalue weighted by Gasteiger charge is 2.29. The fourth-order valence-electron chi connectivity index (χ4n) is 1.78. The Hall–Kier alpha value is -0.620. The Labute approximate surface area is 112 Å². The quantitative estimate of drug-likeness (QED) is 0.625. The first kappa shape index (κ1) is 11.9. The van der Waals surface area contributed by atoms with E-state index < -0.39 is 0 Å². The van der Waals surface area contributed by atoms with Crippen LogP contribution < -0.4 is 5.32 Å². The molecule has 1 saturated heterocycles. The van der Waals surface area contributed by atoms with Crippen molar-refractivity contribution < 1.29 is 9.59 Å². The molecule has 0 aromatic heterocycles. The molecule has 0 bridgehead atoms. The predicted molar refractivity (Wildman–Crippen MR) is 69.3 cm³/mol. The van der Waals surface area contributed by atoms with Crippen molar-refractivity contribution >= 4 is 46.0 Å². The third-order valence-corrected chi connectivity index (χ3v) is 4.24. The molecule has 3 nitrogen and oxygen atoms in total. The molecule has 1 aliphatic heterocycles. The van der Waals surface area contributed by atoms with E-state index in [1.165, 1.54) is 0 Å². The fraction of sp³-hybridized carbons (Fsp3) is 0.273. The zero-order valence-electron chi connectivity index (χ0n) is 8.30. The van der Waals surface area contributed by atoms with Gasteiger partial charge in [-0.1, -0.05) is 23.7 Å². The summed E-state index contributed by atoms with van der Waals surface area (Å²) in [6.07, 6.45) is 0.905. The zero-order valence-corrected chi connectivity index (χ0v) is 11.2. The van der Waals surface area contributed by atoms with E-state index in [0.717, 1.165) is 9.13 Å². The number of hydrogen-bond donors (Lipinski definition) is 1. The number of amides is 2. The Kier molecular flexibility index (Phi) is 3.49. The number of nitrogens with one attached hydrogen (secondary N) is 1. The van der Waals surface area contributed by atoms with Gasteiger partial charge in [0.05, 0.1) is 10.9 Å². The van der Waals surface area contributed by atoms with E-state index in [1.54, 1.807) is 0 Å². The van der Waals surface area contributed by atoms with Crippen molar-refractivity contribution in [3.05, 3.63) is 32.4 Å². The summed E-state index contributed by atoms with van der Waals surface area (Å²) in [4.78, 5) is 22.7. The van der Waals surface area contributed by atoms with Gasteiger partial charge in [-0.05, 0) is 40.6 Å². The number of carbonyl (C=O) groups excluding carboxylic acids is 2. The molecule has 1 aromatic carbocycles. The van der Waals surface area contributed by atoms with Crippen molar-refractivity contribution in [2.45, 2.75) is 18.8 Å². The van der Waals surface area contributed by atoms with E-state index in [4.69, 9.17) is 11.6 Å². The third kappa shape index (κ3) is 2.22. The van der Waals surface area contributed by atoms with Crippen LogP contribution in [-0.4, -0.2) is 11.8 Å². The Morgan fingerprint density at radius 1 is 1.38 bits per heavy atom. The van der Waals surface area contributed by atoms with E-state index in [0.29, 0.717) is 17.9 Å². The minimum absolute atomic E-state index is 0.206. The smallest absolute Gasteiger partial charge is 0.234 e. The molecule has 0 radical (unpaired) electrons. The second kappa shape index (κ2) is 4.71. The highest BCUT2D eigenvalue weighted by molar-refractivity contribution is 14.1. The average Bonchev–Trinajstić information content (AvgIpc) is 2.23. The normalized spacial score (nSPS) is 20.8. The first-order valence-corrected chi connectivity index (χ1v) is 6.33. The van der Waals surface area contributed by atoms with Crippen LogP contribution in [0.3, 0.4) is 0 Å². The minimum Gasteiger partial charge on any atom is -0.296 e. The zero-order chi connectivity index (χ0) is 11.7. The van der Waals surface area contributed by atoms with E-state index in [1.807, 2.05) is 18.2 Å². The van der Waals surface area contributed by atoms with Crippen LogP contribution in [0.25, 0.3) is 0 Å². The second-order valence-corrected chi connectivity index (χ2v) is 5.19. The lowest BCUT2D eigenvalue weighted by molar-refractivity contribution is -0.134. The molecule has 84 valence electrons. The molecule has 1 atom stereocenters. The Morgan fingerprint density at radius 2 is 2.12 bits per heavy atom. The van der Waals surface area contributed by atoms with E-state index >= 15 is 0 Å². The Balaban J connectivity index is 2.34. The van der Waals surface area contributed by atoms with Crippen molar-refractivity contribution in [1.29, 1.82) is 0 Å². The molecule has 2 rings (SSSR count). The summed E-state index contributed by atoms with van der Waals surface area (Å²) in [5, 5.41) is 2.94. The van der Waals surface area contributed by atoms with Crippen molar-refractivity contribution in [1.82, 2.24) is 5.32 Å². The average molecular weight is 350 g/mol. The summed E-state index contributed by atoms with van der Waals surface area (Å²) in [6.45, 7) is 0. The maximum absolute atomic E-state index is 11.7. The largest absolute Gasteiger partial charge is 0.296 e. The summed E-state index contributed by atoms with van der Waals surface area (Å²) >= 11 is 8.28. The van der Waals surface area contributed by atoms with Gasteiger partial charge in [0.15, 0.2) is 0 Å². The standard InChI is InChI=1S/C11H9ClINO2/c12-10-6(2-1-3-8(10)13)7-4-5-9(15)14-11(7)16/h1-3,7H,4-5H2,(H,14,15,16). The van der Waals surface area contributed by atoms with E-state index in [9.17, 15) is 9.59 Å². The van der Waals surface area contributed by atoms with Gasteiger partial charge in [-0.15, -0.1) is 0 Å². The van der Waals surface area contributed by atoms with Crippen LogP contribution >= 0.6 is 34.2 Å². The van der Waals surface area contributed by atoms with Gasteiger partial charge in [0, 0.05) is 9.99 Å². The van der Waals surface area contributed by atoms with Gasteiger partial charge in [-0.2, -0.15) is 0 Å². The van der Waals surface area contributed by atoms with Crippen LogP contribution in [0, 0.1) is 3.57 Å². The number of hydrogen-bond acceptors (Lipinski definition) is 2. The lowest BCUT2D eigenvalue weighted by Gasteiger charge is -2.22. The summed E-state index contributed by atoms with van der Waals surface area (Å²) in [5.74, 6) is -0.761. The van der Waals surface area contributed by atoms with Gasteiger partial charge >= 0.3 is 0 Å². The molecule has 1 N–H and O–H groups in total. The van der Waals surface area contributed by atoms with Crippen molar-refractivity contribution in [2.75, 3.05) is 0 Å². The highest BCUT2D eigenvalue weighted by Crippen LogP contribution is 2.32. The van der Waals surface area contributed by atoms with Crippen LogP contribution in [0.5, 0.6) is 0 Å². The monoisotopic (exact) mass is 349 g/mol. The van der Waals surface area contributed by atoms with Crippen molar-refractivity contribution in [3.8, 4) is 0 Å². The summed E-state index contributed by atoms with van der Waals surface area (Å²) < 4.78 is 0.918. The number of halogens is 2. The number of piperidine rings is 1. The van der Waals surface area contributed by atoms with Gasteiger partial charge in [-0.25, -0.2) is 0 Å². The van der Waals surface area contributed by atoms with Crippen LogP contribution in [0.2, 0.25) is 5.02 Å². The topological polar surface area (TPSA) is 46.2 Å². The molecular weight excluding hydrogens is 340 g/mol. The Morgan fingerprint density at radius 3 is 2.81 bits per heavy atom. The first-order chi connectivity index (χ1) is 7.59. The molecule has 5 heteroatoms. The van der Waals surface area contributed by atoms with Crippen LogP contribution in [0.15, 0.2) is 18.2 Å². The SMILES string of the molecule is O=C1CCC(c2cccc(I)c2Cl)C(=O)N1. The maximum atomic E-state index is 11.7. The molecule has 0 spiro atoms. The molecule has 0 saturated carbocycles. The predicted octanol–water partition coefficient (Wildman–Crippen LogP) is 2.46. The van der Waals surface area contributed by atoms with Crippen molar-refractivity contribution in [3.63, 3.8) is 0 Å². The second-order valence-electron chi connectivity index (χ2n) is 3.65. The Bertz CT molecular complexity index is 461. The fourth-order valence-corrected chi connectivity index (χ4v) is 2.56. The summed E-state index contributed by atoms with van der Waals surface area (Å²) in [5.41, 5.74) is 0.804. The first-order valence-electron chi connectivity index (χ1n) is 4.87. The summed E-state index contributed by atoms with van der Waals surface area (Å²) in [7, 11) is 0. The molecule has 1 aliphatic rings. The number of carbonyl (C=O) groups is 2.